The number of para-hydroxylation sites is 1. The first kappa shape index (κ1) is 19.2. The van der Waals surface area contributed by atoms with Gasteiger partial charge in [-0.1, -0.05) is 18.2 Å². The molecule has 0 bridgehead atoms. The van der Waals surface area contributed by atoms with E-state index >= 15 is 0 Å². The third-order valence-corrected chi connectivity index (χ3v) is 4.81. The molecule has 1 saturated heterocycles. The van der Waals surface area contributed by atoms with Crippen LogP contribution in [0.4, 0.5) is 10.1 Å². The van der Waals surface area contributed by atoms with Gasteiger partial charge in [-0.3, -0.25) is 9.69 Å². The molecule has 2 heterocycles. The number of anilines is 1. The van der Waals surface area contributed by atoms with Gasteiger partial charge in [-0.15, -0.1) is 5.10 Å². The summed E-state index contributed by atoms with van der Waals surface area (Å²) in [5.41, 5.74) is 2.40. The van der Waals surface area contributed by atoms with Gasteiger partial charge in [0, 0.05) is 25.3 Å². The van der Waals surface area contributed by atoms with E-state index in [0.717, 1.165) is 44.1 Å². The number of carbonyl (C=O) groups is 1. The van der Waals surface area contributed by atoms with Crippen LogP contribution in [0.3, 0.4) is 0 Å². The number of aryl methyl sites for hydroxylation is 1. The van der Waals surface area contributed by atoms with Gasteiger partial charge in [0.25, 0.3) is 5.91 Å². The maximum Gasteiger partial charge on any atom is 0.295 e. The second-order valence-corrected chi connectivity index (χ2v) is 6.87. The summed E-state index contributed by atoms with van der Waals surface area (Å²) >= 11 is 0. The zero-order valence-corrected chi connectivity index (χ0v) is 16.1. The van der Waals surface area contributed by atoms with Crippen molar-refractivity contribution in [2.75, 3.05) is 31.6 Å². The largest absolute Gasteiger partial charge is 0.379 e. The van der Waals surface area contributed by atoms with E-state index in [1.807, 2.05) is 24.3 Å². The number of ether oxygens (including phenoxy) is 1. The molecule has 0 aliphatic carbocycles. The number of rotatable bonds is 5. The molecule has 150 valence electrons. The van der Waals surface area contributed by atoms with Crippen LogP contribution in [0.15, 0.2) is 48.5 Å². The average molecular weight is 395 g/mol. The van der Waals surface area contributed by atoms with Gasteiger partial charge in [0.1, 0.15) is 11.6 Å². The van der Waals surface area contributed by atoms with Crippen LogP contribution in [0.2, 0.25) is 0 Å². The Morgan fingerprint density at radius 3 is 2.62 bits per heavy atom. The molecule has 1 aliphatic heterocycles. The zero-order chi connectivity index (χ0) is 20.2. The Morgan fingerprint density at radius 2 is 1.86 bits per heavy atom. The molecule has 2 aromatic carbocycles. The number of halogens is 1. The lowest BCUT2D eigenvalue weighted by atomic mass is 10.1. The van der Waals surface area contributed by atoms with Gasteiger partial charge in [-0.25, -0.2) is 14.1 Å². The summed E-state index contributed by atoms with van der Waals surface area (Å²) in [6.07, 6.45) is 0. The summed E-state index contributed by atoms with van der Waals surface area (Å²) in [5, 5.41) is 7.22. The van der Waals surface area contributed by atoms with E-state index in [1.165, 1.54) is 16.8 Å². The lowest BCUT2D eigenvalue weighted by molar-refractivity contribution is 0.0342. The van der Waals surface area contributed by atoms with Crippen molar-refractivity contribution in [2.24, 2.45) is 0 Å². The van der Waals surface area contributed by atoms with Crippen molar-refractivity contribution in [1.82, 2.24) is 19.7 Å². The van der Waals surface area contributed by atoms with Crippen molar-refractivity contribution in [3.05, 3.63) is 71.6 Å². The number of hydrogen-bond acceptors (Lipinski definition) is 5. The Kier molecular flexibility index (Phi) is 5.64. The molecule has 3 aromatic rings. The molecular weight excluding hydrogens is 373 g/mol. The van der Waals surface area contributed by atoms with Gasteiger partial charge in [0.15, 0.2) is 0 Å². The minimum Gasteiger partial charge on any atom is -0.379 e. The normalized spacial score (nSPS) is 14.7. The van der Waals surface area contributed by atoms with Crippen molar-refractivity contribution in [3.8, 4) is 5.69 Å². The molecular formula is C21H22FN5O2. The van der Waals surface area contributed by atoms with E-state index in [-0.39, 0.29) is 17.5 Å². The van der Waals surface area contributed by atoms with Crippen molar-refractivity contribution >= 4 is 11.6 Å². The van der Waals surface area contributed by atoms with Crippen LogP contribution in [-0.4, -0.2) is 51.9 Å². The Balaban J connectivity index is 1.51. The number of morpholine rings is 1. The lowest BCUT2D eigenvalue weighted by Gasteiger charge is -2.27. The number of nitrogens with zero attached hydrogens (tertiary/aromatic N) is 4. The first-order valence-corrected chi connectivity index (χ1v) is 9.49. The van der Waals surface area contributed by atoms with Crippen LogP contribution in [0, 0.1) is 12.7 Å². The summed E-state index contributed by atoms with van der Waals surface area (Å²) in [4.78, 5) is 19.3. The maximum atomic E-state index is 13.2. The molecule has 1 aromatic heterocycles. The highest BCUT2D eigenvalue weighted by atomic mass is 19.1. The Morgan fingerprint density at radius 1 is 1.14 bits per heavy atom. The van der Waals surface area contributed by atoms with Gasteiger partial charge in [-0.05, 0) is 42.8 Å². The Hall–Kier alpha value is -3.10. The fourth-order valence-corrected chi connectivity index (χ4v) is 3.27. The van der Waals surface area contributed by atoms with Crippen LogP contribution in [0.1, 0.15) is 22.0 Å². The molecule has 0 unspecified atom stereocenters. The first-order chi connectivity index (χ1) is 14.1. The molecule has 8 heteroatoms. The van der Waals surface area contributed by atoms with Gasteiger partial charge in [0.2, 0.25) is 5.82 Å². The topological polar surface area (TPSA) is 72.3 Å². The highest BCUT2D eigenvalue weighted by Crippen LogP contribution is 2.19. The van der Waals surface area contributed by atoms with Crippen LogP contribution < -0.4 is 5.32 Å². The van der Waals surface area contributed by atoms with Gasteiger partial charge in [0.05, 0.1) is 18.9 Å². The predicted octanol–water partition coefficient (Wildman–Crippen LogP) is 2.80. The molecule has 0 spiro atoms. The van der Waals surface area contributed by atoms with Gasteiger partial charge >= 0.3 is 0 Å². The van der Waals surface area contributed by atoms with Gasteiger partial charge < -0.3 is 10.1 Å². The molecule has 1 amide bonds. The molecule has 1 N–H and O–H groups in total. The molecule has 1 fully saturated rings. The Bertz CT molecular complexity index is 997. The molecule has 0 radical (unpaired) electrons. The van der Waals surface area contributed by atoms with E-state index in [1.54, 1.807) is 19.1 Å². The summed E-state index contributed by atoms with van der Waals surface area (Å²) < 4.78 is 20.1. The number of nitrogens with one attached hydrogen (secondary N) is 1. The van der Waals surface area contributed by atoms with Crippen LogP contribution >= 0.6 is 0 Å². The fraction of sp³-hybridized carbons (Fsp3) is 0.286. The van der Waals surface area contributed by atoms with Gasteiger partial charge in [-0.2, -0.15) is 0 Å². The quantitative estimate of drug-likeness (QED) is 0.719. The minimum atomic E-state index is -0.386. The van der Waals surface area contributed by atoms with Crippen molar-refractivity contribution in [3.63, 3.8) is 0 Å². The average Bonchev–Trinajstić information content (AvgIpc) is 3.13. The number of amides is 1. The lowest BCUT2D eigenvalue weighted by Crippen LogP contribution is -2.35. The smallest absolute Gasteiger partial charge is 0.295 e. The fourth-order valence-electron chi connectivity index (χ4n) is 3.27. The molecule has 29 heavy (non-hydrogen) atoms. The third kappa shape index (κ3) is 4.49. The predicted molar refractivity (Wildman–Crippen MR) is 107 cm³/mol. The molecule has 0 saturated carbocycles. The van der Waals surface area contributed by atoms with Crippen LogP contribution in [0.5, 0.6) is 0 Å². The molecule has 0 atom stereocenters. The van der Waals surface area contributed by atoms with Crippen molar-refractivity contribution in [2.45, 2.75) is 13.5 Å². The van der Waals surface area contributed by atoms with E-state index in [2.05, 4.69) is 20.3 Å². The summed E-state index contributed by atoms with van der Waals surface area (Å²) in [7, 11) is 0. The minimum absolute atomic E-state index is 0.0630. The van der Waals surface area contributed by atoms with E-state index in [4.69, 9.17) is 4.74 Å². The summed E-state index contributed by atoms with van der Waals surface area (Å²) in [6, 6.07) is 13.6. The monoisotopic (exact) mass is 395 g/mol. The summed E-state index contributed by atoms with van der Waals surface area (Å²) in [5.74, 6) is -0.110. The van der Waals surface area contributed by atoms with Crippen molar-refractivity contribution < 1.29 is 13.9 Å². The molecule has 7 nitrogen and oxygen atoms in total. The van der Waals surface area contributed by atoms with Crippen molar-refractivity contribution in [1.29, 1.82) is 0 Å². The van der Waals surface area contributed by atoms with E-state index in [9.17, 15) is 9.18 Å². The number of hydrogen-bond donors (Lipinski definition) is 1. The Labute approximate surface area is 168 Å². The maximum absolute atomic E-state index is 13.2. The van der Waals surface area contributed by atoms with Crippen LogP contribution in [0.25, 0.3) is 5.69 Å². The highest BCUT2D eigenvalue weighted by Gasteiger charge is 2.18. The number of carbonyl (C=O) groups excluding carboxylic acids is 1. The zero-order valence-electron chi connectivity index (χ0n) is 16.1. The standard InChI is InChI=1S/C21H22FN5O2/c1-15-23-20(25-27(15)18-8-6-17(22)7-9-18)21(28)24-19-5-3-2-4-16(19)14-26-10-12-29-13-11-26/h2-9H,10-14H2,1H3,(H,24,28). The van der Waals surface area contributed by atoms with Crippen LogP contribution in [-0.2, 0) is 11.3 Å². The SMILES string of the molecule is Cc1nc(C(=O)Nc2ccccc2CN2CCOCC2)nn1-c1ccc(F)cc1. The number of aromatic nitrogens is 3. The summed E-state index contributed by atoms with van der Waals surface area (Å²) in [6.45, 7) is 5.66. The molecule has 1 aliphatic rings. The highest BCUT2D eigenvalue weighted by molar-refractivity contribution is 6.02. The second kappa shape index (κ2) is 8.50. The first-order valence-electron chi connectivity index (χ1n) is 9.49. The third-order valence-electron chi connectivity index (χ3n) is 4.81. The molecule has 4 rings (SSSR count). The second-order valence-electron chi connectivity index (χ2n) is 6.87. The van der Waals surface area contributed by atoms with E-state index < -0.39 is 0 Å². The van der Waals surface area contributed by atoms with E-state index in [0.29, 0.717) is 11.5 Å². The number of benzene rings is 2.